The van der Waals surface area contributed by atoms with Crippen LogP contribution >= 0.6 is 0 Å². The van der Waals surface area contributed by atoms with Gasteiger partial charge in [0.25, 0.3) is 0 Å². The van der Waals surface area contributed by atoms with Crippen LogP contribution in [0.4, 0.5) is 0 Å². The average molecular weight is 433 g/mol. The fourth-order valence-corrected chi connectivity index (χ4v) is 5.84. The molecule has 0 amide bonds. The monoisotopic (exact) mass is 432 g/mol. The van der Waals surface area contributed by atoms with Gasteiger partial charge in [0.1, 0.15) is 5.60 Å². The van der Waals surface area contributed by atoms with E-state index in [0.29, 0.717) is 25.2 Å². The number of hydrogen-bond acceptors (Lipinski definition) is 3. The van der Waals surface area contributed by atoms with Crippen LogP contribution in [0.15, 0.2) is 48.5 Å². The fraction of sp³-hybridized carbons (Fsp3) is 0.517. The number of Topliss-reactive ketones (excluding diaryl/α,β-unsaturated/α-hetero) is 2. The van der Waals surface area contributed by atoms with Gasteiger partial charge < -0.3 is 5.11 Å². The van der Waals surface area contributed by atoms with E-state index < -0.39 is 5.60 Å². The minimum Gasteiger partial charge on any atom is -0.382 e. The number of ketones is 2. The number of aryl methyl sites for hydroxylation is 1. The first-order chi connectivity index (χ1) is 15.3. The molecular formula is C29H36O3. The van der Waals surface area contributed by atoms with Crippen LogP contribution in [0.5, 0.6) is 0 Å². The van der Waals surface area contributed by atoms with Gasteiger partial charge in [0, 0.05) is 18.4 Å². The Bertz CT molecular complexity index is 969. The maximum absolute atomic E-state index is 13.7. The summed E-state index contributed by atoms with van der Waals surface area (Å²) in [6.45, 7) is 4.25. The van der Waals surface area contributed by atoms with Crippen molar-refractivity contribution in [1.29, 1.82) is 0 Å². The average Bonchev–Trinajstić information content (AvgIpc) is 3.14. The van der Waals surface area contributed by atoms with E-state index in [4.69, 9.17) is 0 Å². The standard InChI is InChI=1S/C29H36O3/c1-28(2,24-11-7-4-8-12-24)20-29(32,19-21-9-5-3-6-10-21)27(31)18-22-13-15-25-23(17-22)14-16-26(25)30/h4,7-8,11-13,15,17,21,32H,3,5-6,9-10,14,16,18-20H2,1-2H3. The van der Waals surface area contributed by atoms with Gasteiger partial charge in [0.2, 0.25) is 0 Å². The second kappa shape index (κ2) is 9.31. The Kier molecular flexibility index (Phi) is 6.67. The van der Waals surface area contributed by atoms with E-state index >= 15 is 0 Å². The van der Waals surface area contributed by atoms with Crippen LogP contribution in [0.3, 0.4) is 0 Å². The first-order valence-electron chi connectivity index (χ1n) is 12.2. The molecule has 1 atom stereocenters. The van der Waals surface area contributed by atoms with E-state index in [1.54, 1.807) is 0 Å². The lowest BCUT2D eigenvalue weighted by Crippen LogP contribution is -2.46. The van der Waals surface area contributed by atoms with E-state index in [1.165, 1.54) is 19.3 Å². The number of fused-ring (bicyclic) bond motifs is 1. The van der Waals surface area contributed by atoms with E-state index in [0.717, 1.165) is 41.5 Å². The largest absolute Gasteiger partial charge is 0.382 e. The normalized spacial score (nSPS) is 18.9. The fourth-order valence-electron chi connectivity index (χ4n) is 5.84. The lowest BCUT2D eigenvalue weighted by molar-refractivity contribution is -0.141. The van der Waals surface area contributed by atoms with Crippen LogP contribution in [0.25, 0.3) is 0 Å². The molecule has 2 aromatic carbocycles. The molecule has 2 aliphatic carbocycles. The second-order valence-electron chi connectivity index (χ2n) is 10.7. The number of rotatable bonds is 8. The van der Waals surface area contributed by atoms with Crippen molar-refractivity contribution in [2.24, 2.45) is 5.92 Å². The molecule has 3 heteroatoms. The number of benzene rings is 2. The van der Waals surface area contributed by atoms with Crippen LogP contribution in [-0.4, -0.2) is 22.3 Å². The number of aliphatic hydroxyl groups is 1. The van der Waals surface area contributed by atoms with Crippen LogP contribution in [0.2, 0.25) is 0 Å². The Labute approximate surface area is 192 Å². The van der Waals surface area contributed by atoms with Crippen molar-refractivity contribution in [3.05, 3.63) is 70.8 Å². The second-order valence-corrected chi connectivity index (χ2v) is 10.7. The Hall–Kier alpha value is -2.26. The maximum atomic E-state index is 13.7. The van der Waals surface area contributed by atoms with Gasteiger partial charge in [-0.25, -0.2) is 0 Å². The maximum Gasteiger partial charge on any atom is 0.168 e. The third-order valence-corrected chi connectivity index (χ3v) is 7.62. The Morgan fingerprint density at radius 1 is 1.00 bits per heavy atom. The zero-order valence-corrected chi connectivity index (χ0v) is 19.5. The molecule has 0 radical (unpaired) electrons. The quantitative estimate of drug-likeness (QED) is 0.557. The van der Waals surface area contributed by atoms with Crippen molar-refractivity contribution in [2.45, 2.75) is 89.1 Å². The molecule has 3 nitrogen and oxygen atoms in total. The lowest BCUT2D eigenvalue weighted by Gasteiger charge is -2.38. The van der Waals surface area contributed by atoms with Crippen molar-refractivity contribution >= 4 is 11.6 Å². The summed E-state index contributed by atoms with van der Waals surface area (Å²) in [5, 5.41) is 11.9. The van der Waals surface area contributed by atoms with Crippen LogP contribution in [-0.2, 0) is 23.1 Å². The SMILES string of the molecule is CC(C)(CC(O)(CC1CCCCC1)C(=O)Cc1ccc2c(c1)CCC2=O)c1ccccc1. The van der Waals surface area contributed by atoms with E-state index in [2.05, 4.69) is 26.0 Å². The Morgan fingerprint density at radius 2 is 1.72 bits per heavy atom. The Balaban J connectivity index is 1.57. The van der Waals surface area contributed by atoms with E-state index in [-0.39, 0.29) is 23.4 Å². The molecule has 1 N–H and O–H groups in total. The molecule has 0 heterocycles. The van der Waals surface area contributed by atoms with E-state index in [1.807, 2.05) is 36.4 Å². The highest BCUT2D eigenvalue weighted by molar-refractivity contribution is 6.00. The molecule has 1 saturated carbocycles. The summed E-state index contributed by atoms with van der Waals surface area (Å²) in [7, 11) is 0. The summed E-state index contributed by atoms with van der Waals surface area (Å²) >= 11 is 0. The van der Waals surface area contributed by atoms with Crippen LogP contribution in [0, 0.1) is 5.92 Å². The summed E-state index contributed by atoms with van der Waals surface area (Å²) in [6.07, 6.45) is 8.33. The molecule has 1 fully saturated rings. The summed E-state index contributed by atoms with van der Waals surface area (Å²) in [4.78, 5) is 25.6. The molecule has 0 bridgehead atoms. The van der Waals surface area contributed by atoms with Gasteiger partial charge in [-0.2, -0.15) is 0 Å². The summed E-state index contributed by atoms with van der Waals surface area (Å²) in [5.74, 6) is 0.509. The highest BCUT2D eigenvalue weighted by Gasteiger charge is 2.43. The van der Waals surface area contributed by atoms with Gasteiger partial charge >= 0.3 is 0 Å². The minimum absolute atomic E-state index is 0.0867. The first kappa shape index (κ1) is 22.9. The van der Waals surface area contributed by atoms with Crippen molar-refractivity contribution < 1.29 is 14.7 Å². The van der Waals surface area contributed by atoms with Crippen LogP contribution in [0.1, 0.15) is 92.3 Å². The molecule has 2 aromatic rings. The van der Waals surface area contributed by atoms with Gasteiger partial charge in [-0.15, -0.1) is 0 Å². The van der Waals surface area contributed by atoms with Gasteiger partial charge in [0.05, 0.1) is 0 Å². The Morgan fingerprint density at radius 3 is 2.44 bits per heavy atom. The van der Waals surface area contributed by atoms with Crippen molar-refractivity contribution in [2.75, 3.05) is 0 Å². The molecule has 0 spiro atoms. The molecule has 1 unspecified atom stereocenters. The summed E-state index contributed by atoms with van der Waals surface area (Å²) in [5.41, 5.74) is 2.22. The molecule has 4 rings (SSSR count). The van der Waals surface area contributed by atoms with Gasteiger partial charge in [-0.05, 0) is 47.3 Å². The van der Waals surface area contributed by atoms with Crippen LogP contribution < -0.4 is 0 Å². The smallest absolute Gasteiger partial charge is 0.168 e. The van der Waals surface area contributed by atoms with Gasteiger partial charge in [-0.3, -0.25) is 9.59 Å². The molecular weight excluding hydrogens is 396 g/mol. The summed E-state index contributed by atoms with van der Waals surface area (Å²) in [6, 6.07) is 16.0. The number of hydrogen-bond donors (Lipinski definition) is 1. The highest BCUT2D eigenvalue weighted by Crippen LogP contribution is 2.39. The van der Waals surface area contributed by atoms with Gasteiger partial charge in [0.15, 0.2) is 11.6 Å². The molecule has 0 saturated heterocycles. The number of carbonyl (C=O) groups excluding carboxylic acids is 2. The third kappa shape index (κ3) is 5.04. The minimum atomic E-state index is -1.35. The number of carbonyl (C=O) groups is 2. The predicted octanol–water partition coefficient (Wildman–Crippen LogP) is 6.00. The predicted molar refractivity (Wildman–Crippen MR) is 128 cm³/mol. The molecule has 0 aliphatic heterocycles. The summed E-state index contributed by atoms with van der Waals surface area (Å²) < 4.78 is 0. The zero-order valence-electron chi connectivity index (χ0n) is 19.5. The third-order valence-electron chi connectivity index (χ3n) is 7.62. The molecule has 2 aliphatic rings. The first-order valence-corrected chi connectivity index (χ1v) is 12.2. The topological polar surface area (TPSA) is 54.4 Å². The van der Waals surface area contributed by atoms with Gasteiger partial charge in [-0.1, -0.05) is 94.5 Å². The van der Waals surface area contributed by atoms with Crippen molar-refractivity contribution in [3.8, 4) is 0 Å². The molecule has 0 aromatic heterocycles. The highest BCUT2D eigenvalue weighted by atomic mass is 16.3. The molecule has 170 valence electrons. The molecule has 32 heavy (non-hydrogen) atoms. The lowest BCUT2D eigenvalue weighted by atomic mass is 9.69. The van der Waals surface area contributed by atoms with Crippen molar-refractivity contribution in [1.82, 2.24) is 0 Å². The van der Waals surface area contributed by atoms with E-state index in [9.17, 15) is 14.7 Å². The zero-order chi connectivity index (χ0) is 22.8. The van der Waals surface area contributed by atoms with Crippen molar-refractivity contribution in [3.63, 3.8) is 0 Å².